The van der Waals surface area contributed by atoms with E-state index >= 15 is 0 Å². The Kier molecular flexibility index (Phi) is 14.8. The third-order valence-electron chi connectivity index (χ3n) is 6.67. The lowest BCUT2D eigenvalue weighted by Gasteiger charge is -2.13. The first-order valence-electron chi connectivity index (χ1n) is 15.0. The first-order chi connectivity index (χ1) is 20.1. The molecule has 3 rings (SSSR count). The summed E-state index contributed by atoms with van der Waals surface area (Å²) < 4.78 is 28.3. The van der Waals surface area contributed by atoms with Crippen molar-refractivity contribution in [2.75, 3.05) is 33.0 Å². The first-order valence-corrected chi connectivity index (χ1v) is 15.0. The molecule has 0 fully saturated rings. The summed E-state index contributed by atoms with van der Waals surface area (Å²) in [6.07, 6.45) is 6.46. The predicted octanol–water partition coefficient (Wildman–Crippen LogP) is 8.27. The van der Waals surface area contributed by atoms with E-state index in [9.17, 15) is 4.79 Å². The monoisotopic (exact) mass is 562 g/mol. The highest BCUT2D eigenvalue weighted by Crippen LogP contribution is 2.25. The minimum absolute atomic E-state index is 0.0674. The van der Waals surface area contributed by atoms with Crippen LogP contribution in [0.25, 0.3) is 11.1 Å². The third-order valence-corrected chi connectivity index (χ3v) is 6.67. The van der Waals surface area contributed by atoms with Crippen molar-refractivity contribution in [2.45, 2.75) is 72.0 Å². The van der Waals surface area contributed by atoms with Gasteiger partial charge in [-0.2, -0.15) is 0 Å². The molecule has 0 heterocycles. The maximum Gasteiger partial charge on any atom is 0.338 e. The fraction of sp³-hybridized carbons (Fsp3) is 0.457. The number of rotatable bonds is 20. The fourth-order valence-corrected chi connectivity index (χ4v) is 4.17. The normalized spacial score (nSPS) is 11.7. The molecule has 1 atom stereocenters. The number of hydrogen-bond donors (Lipinski definition) is 0. The SMILES string of the molecule is CCCCCC(C)OC(=O)c1ccc(COc2ccc(-c3ccc(OCCOCCOCCCC)cc3)cc2)cc1. The van der Waals surface area contributed by atoms with Crippen molar-refractivity contribution in [2.24, 2.45) is 0 Å². The lowest BCUT2D eigenvalue weighted by Crippen LogP contribution is -2.15. The quantitative estimate of drug-likeness (QED) is 0.102. The van der Waals surface area contributed by atoms with E-state index in [1.54, 1.807) is 12.1 Å². The largest absolute Gasteiger partial charge is 0.491 e. The van der Waals surface area contributed by atoms with Gasteiger partial charge in [-0.1, -0.05) is 69.5 Å². The summed E-state index contributed by atoms with van der Waals surface area (Å²) in [5, 5.41) is 0. The number of benzene rings is 3. The van der Waals surface area contributed by atoms with Crippen LogP contribution in [0.2, 0.25) is 0 Å². The maximum atomic E-state index is 12.4. The van der Waals surface area contributed by atoms with Crippen LogP contribution in [0.1, 0.15) is 75.2 Å². The van der Waals surface area contributed by atoms with E-state index in [1.165, 1.54) is 0 Å². The summed E-state index contributed by atoms with van der Waals surface area (Å²) in [4.78, 5) is 12.4. The second-order valence-electron chi connectivity index (χ2n) is 10.2. The average molecular weight is 563 g/mol. The molecule has 0 N–H and O–H groups in total. The lowest BCUT2D eigenvalue weighted by molar-refractivity contribution is 0.0319. The van der Waals surface area contributed by atoms with E-state index in [0.29, 0.717) is 38.6 Å². The van der Waals surface area contributed by atoms with E-state index in [-0.39, 0.29) is 12.1 Å². The van der Waals surface area contributed by atoms with E-state index in [2.05, 4.69) is 13.8 Å². The second-order valence-corrected chi connectivity index (χ2v) is 10.2. The summed E-state index contributed by atoms with van der Waals surface area (Å²) in [6.45, 7) is 9.75. The highest BCUT2D eigenvalue weighted by molar-refractivity contribution is 5.89. The standard InChI is InChI=1S/C35H46O6/c1-4-6-8-9-28(3)41-35(36)32-12-10-29(11-13-32)27-40-34-20-16-31(17-21-34)30-14-18-33(19-15-30)39-26-25-38-24-23-37-22-7-5-2/h10-21,28H,4-9,22-27H2,1-3H3. The molecule has 0 aliphatic carbocycles. The van der Waals surface area contributed by atoms with Gasteiger partial charge in [0.2, 0.25) is 0 Å². The average Bonchev–Trinajstić information content (AvgIpc) is 3.00. The van der Waals surface area contributed by atoms with Crippen molar-refractivity contribution in [1.29, 1.82) is 0 Å². The van der Waals surface area contributed by atoms with Gasteiger partial charge in [0.15, 0.2) is 0 Å². The van der Waals surface area contributed by atoms with Crippen LogP contribution in [-0.2, 0) is 20.8 Å². The summed E-state index contributed by atoms with van der Waals surface area (Å²) in [5.41, 5.74) is 3.75. The number of hydrogen-bond acceptors (Lipinski definition) is 6. The molecule has 1 unspecified atom stereocenters. The van der Waals surface area contributed by atoms with Crippen LogP contribution in [0.4, 0.5) is 0 Å². The van der Waals surface area contributed by atoms with Crippen molar-refractivity contribution in [3.05, 3.63) is 83.9 Å². The van der Waals surface area contributed by atoms with Crippen molar-refractivity contribution in [1.82, 2.24) is 0 Å². The van der Waals surface area contributed by atoms with Crippen LogP contribution in [-0.4, -0.2) is 45.1 Å². The highest BCUT2D eigenvalue weighted by Gasteiger charge is 2.12. The molecule has 0 saturated carbocycles. The van der Waals surface area contributed by atoms with Crippen LogP contribution in [0, 0.1) is 0 Å². The molecule has 0 aromatic heterocycles. The number of unbranched alkanes of at least 4 members (excludes halogenated alkanes) is 3. The molecule has 0 saturated heterocycles. The predicted molar refractivity (Wildman–Crippen MR) is 164 cm³/mol. The molecule has 0 radical (unpaired) electrons. The van der Waals surface area contributed by atoms with Gasteiger partial charge in [-0.3, -0.25) is 0 Å². The molecule has 0 bridgehead atoms. The topological polar surface area (TPSA) is 63.2 Å². The van der Waals surface area contributed by atoms with Gasteiger partial charge in [0.25, 0.3) is 0 Å². The minimum atomic E-state index is -0.273. The number of carbonyl (C=O) groups excluding carboxylic acids is 1. The second kappa shape index (κ2) is 18.9. The van der Waals surface area contributed by atoms with Gasteiger partial charge in [-0.15, -0.1) is 0 Å². The molecule has 6 heteroatoms. The lowest BCUT2D eigenvalue weighted by atomic mass is 10.1. The molecule has 0 aliphatic heterocycles. The third kappa shape index (κ3) is 12.4. The first kappa shape index (κ1) is 32.2. The molecule has 6 nitrogen and oxygen atoms in total. The molecular formula is C35H46O6. The number of esters is 1. The zero-order valence-electron chi connectivity index (χ0n) is 24.9. The van der Waals surface area contributed by atoms with Crippen LogP contribution < -0.4 is 9.47 Å². The highest BCUT2D eigenvalue weighted by atomic mass is 16.5. The molecular weight excluding hydrogens is 516 g/mol. The Balaban J connectivity index is 1.37. The van der Waals surface area contributed by atoms with Gasteiger partial charge in [0.1, 0.15) is 24.7 Å². The van der Waals surface area contributed by atoms with Crippen molar-refractivity contribution < 1.29 is 28.5 Å². The van der Waals surface area contributed by atoms with E-state index in [0.717, 1.165) is 73.3 Å². The fourth-order valence-electron chi connectivity index (χ4n) is 4.17. The molecule has 222 valence electrons. The van der Waals surface area contributed by atoms with Gasteiger partial charge in [0.05, 0.1) is 31.5 Å². The summed E-state index contributed by atoms with van der Waals surface area (Å²) in [7, 11) is 0. The van der Waals surface area contributed by atoms with Gasteiger partial charge in [0, 0.05) is 6.61 Å². The Hall–Kier alpha value is -3.35. The van der Waals surface area contributed by atoms with Gasteiger partial charge >= 0.3 is 5.97 Å². The number of ether oxygens (including phenoxy) is 5. The molecule has 3 aromatic rings. The Bertz CT molecular complexity index is 1110. The summed E-state index contributed by atoms with van der Waals surface area (Å²) in [5.74, 6) is 1.33. The van der Waals surface area contributed by atoms with E-state index in [1.807, 2.05) is 67.6 Å². The van der Waals surface area contributed by atoms with Crippen LogP contribution in [0.3, 0.4) is 0 Å². The maximum absolute atomic E-state index is 12.4. The van der Waals surface area contributed by atoms with Crippen LogP contribution in [0.5, 0.6) is 11.5 Å². The van der Waals surface area contributed by atoms with Crippen molar-refractivity contribution >= 4 is 5.97 Å². The van der Waals surface area contributed by atoms with Crippen molar-refractivity contribution in [3.8, 4) is 22.6 Å². The molecule has 0 spiro atoms. The molecule has 41 heavy (non-hydrogen) atoms. The minimum Gasteiger partial charge on any atom is -0.491 e. The summed E-state index contributed by atoms with van der Waals surface area (Å²) >= 11 is 0. The zero-order valence-corrected chi connectivity index (χ0v) is 24.9. The smallest absolute Gasteiger partial charge is 0.338 e. The Morgan fingerprint density at radius 2 is 1.20 bits per heavy atom. The zero-order chi connectivity index (χ0) is 29.1. The molecule has 3 aromatic carbocycles. The van der Waals surface area contributed by atoms with Gasteiger partial charge in [-0.25, -0.2) is 4.79 Å². The molecule has 0 amide bonds. The van der Waals surface area contributed by atoms with E-state index < -0.39 is 0 Å². The van der Waals surface area contributed by atoms with E-state index in [4.69, 9.17) is 23.7 Å². The van der Waals surface area contributed by atoms with Crippen molar-refractivity contribution in [3.63, 3.8) is 0 Å². The summed E-state index contributed by atoms with van der Waals surface area (Å²) in [6, 6.07) is 23.5. The Labute approximate surface area is 245 Å². The Morgan fingerprint density at radius 1 is 0.634 bits per heavy atom. The van der Waals surface area contributed by atoms with Gasteiger partial charge in [-0.05, 0) is 79.3 Å². The van der Waals surface area contributed by atoms with Crippen LogP contribution >= 0.6 is 0 Å². The Morgan fingerprint density at radius 3 is 1.80 bits per heavy atom. The van der Waals surface area contributed by atoms with Gasteiger partial charge < -0.3 is 23.7 Å². The van der Waals surface area contributed by atoms with Crippen LogP contribution in [0.15, 0.2) is 72.8 Å². The molecule has 0 aliphatic rings. The number of carbonyl (C=O) groups is 1.